The number of carbonyl (C=O) groups is 4. The van der Waals surface area contributed by atoms with Crippen LogP contribution in [0.4, 0.5) is 21.2 Å². The maximum Gasteiger partial charge on any atom is 0.338 e. The van der Waals surface area contributed by atoms with Crippen molar-refractivity contribution in [2.75, 3.05) is 30.8 Å². The molecular formula is C23H26N8O6. The van der Waals surface area contributed by atoms with E-state index in [4.69, 9.17) is 5.11 Å². The molecule has 4 aromatic rings. The van der Waals surface area contributed by atoms with E-state index in [1.165, 1.54) is 19.2 Å². The lowest BCUT2D eigenvalue weighted by Gasteiger charge is -2.00. The van der Waals surface area contributed by atoms with Crippen LogP contribution in [0.15, 0.2) is 49.1 Å². The highest BCUT2D eigenvalue weighted by Gasteiger charge is 2.10. The molecule has 0 unspecified atom stereocenters. The van der Waals surface area contributed by atoms with Gasteiger partial charge in [0.25, 0.3) is 0 Å². The Balaban J connectivity index is 0.000000206. The second-order valence-electron chi connectivity index (χ2n) is 7.38. The van der Waals surface area contributed by atoms with Crippen molar-refractivity contribution in [3.63, 3.8) is 0 Å². The molecule has 0 spiro atoms. The number of carbonyl (C=O) groups excluding carboxylic acids is 3. The fourth-order valence-corrected chi connectivity index (χ4v) is 3.10. The molecule has 37 heavy (non-hydrogen) atoms. The number of methoxy groups -OCH3 is 1. The van der Waals surface area contributed by atoms with Crippen molar-refractivity contribution in [3.05, 3.63) is 60.2 Å². The molecule has 0 aliphatic heterocycles. The lowest BCUT2D eigenvalue weighted by molar-refractivity contribution is 0.0599. The summed E-state index contributed by atoms with van der Waals surface area (Å²) < 4.78 is 7.97. The normalized spacial score (nSPS) is 10.2. The molecule has 0 fully saturated rings. The molecule has 194 valence electrons. The van der Waals surface area contributed by atoms with E-state index in [0.717, 1.165) is 0 Å². The predicted octanol–water partition coefficient (Wildman–Crippen LogP) is 2.44. The number of carboxylic acids is 1. The van der Waals surface area contributed by atoms with Gasteiger partial charge in [0.05, 0.1) is 30.6 Å². The van der Waals surface area contributed by atoms with E-state index in [1.54, 1.807) is 45.7 Å². The van der Waals surface area contributed by atoms with Crippen LogP contribution in [-0.2, 0) is 4.74 Å². The molecule has 4 heterocycles. The zero-order valence-electron chi connectivity index (χ0n) is 20.3. The van der Waals surface area contributed by atoms with Gasteiger partial charge in [0.15, 0.2) is 11.6 Å². The van der Waals surface area contributed by atoms with E-state index in [0.29, 0.717) is 41.6 Å². The lowest BCUT2D eigenvalue weighted by atomic mass is 10.3. The van der Waals surface area contributed by atoms with Gasteiger partial charge in [0.1, 0.15) is 11.3 Å². The smallest absolute Gasteiger partial charge is 0.338 e. The van der Waals surface area contributed by atoms with Gasteiger partial charge in [0, 0.05) is 25.5 Å². The van der Waals surface area contributed by atoms with E-state index in [-0.39, 0.29) is 17.6 Å². The summed E-state index contributed by atoms with van der Waals surface area (Å²) >= 11 is 0. The van der Waals surface area contributed by atoms with Crippen LogP contribution in [0.3, 0.4) is 0 Å². The van der Waals surface area contributed by atoms with E-state index in [9.17, 15) is 19.2 Å². The van der Waals surface area contributed by atoms with Gasteiger partial charge >= 0.3 is 24.0 Å². The maximum atomic E-state index is 11.4. The number of imidazole rings is 2. The molecule has 0 atom stereocenters. The zero-order chi connectivity index (χ0) is 26.9. The molecule has 0 aromatic carbocycles. The first-order valence-electron chi connectivity index (χ1n) is 11.1. The third kappa shape index (κ3) is 6.94. The van der Waals surface area contributed by atoms with Crippen molar-refractivity contribution in [2.24, 2.45) is 0 Å². The van der Waals surface area contributed by atoms with E-state index in [1.807, 2.05) is 13.8 Å². The summed E-state index contributed by atoms with van der Waals surface area (Å²) in [6.07, 6.45) is 6.52. The number of nitrogens with zero attached hydrogens (tertiary/aromatic N) is 4. The minimum absolute atomic E-state index is 0.151. The minimum Gasteiger partial charge on any atom is -0.478 e. The van der Waals surface area contributed by atoms with Crippen LogP contribution in [0.25, 0.3) is 11.3 Å². The number of ether oxygens (including phenoxy) is 1. The highest BCUT2D eigenvalue weighted by Crippen LogP contribution is 2.13. The number of aromatic carboxylic acids is 1. The molecule has 14 nitrogen and oxygen atoms in total. The lowest BCUT2D eigenvalue weighted by Crippen LogP contribution is -2.28. The Labute approximate surface area is 210 Å². The van der Waals surface area contributed by atoms with Gasteiger partial charge in [-0.15, -0.1) is 0 Å². The highest BCUT2D eigenvalue weighted by molar-refractivity contribution is 5.91. The van der Waals surface area contributed by atoms with Gasteiger partial charge in [-0.25, -0.2) is 29.1 Å². The molecular weight excluding hydrogens is 484 g/mol. The number of fused-ring (bicyclic) bond motifs is 2. The van der Waals surface area contributed by atoms with Crippen LogP contribution in [0.5, 0.6) is 0 Å². The fourth-order valence-electron chi connectivity index (χ4n) is 3.10. The first-order valence-corrected chi connectivity index (χ1v) is 11.1. The van der Waals surface area contributed by atoms with Gasteiger partial charge in [0.2, 0.25) is 0 Å². The SMILES string of the molecule is CCNC(=O)Nc1cn2ccc(C(=O)O)cc2n1.CCNC(=O)Nc1cn2ccc(C(=O)OC)cc2n1. The number of anilines is 2. The summed E-state index contributed by atoms with van der Waals surface area (Å²) in [4.78, 5) is 53.2. The third-order valence-corrected chi connectivity index (χ3v) is 4.75. The quantitative estimate of drug-likeness (QED) is 0.245. The van der Waals surface area contributed by atoms with Crippen molar-refractivity contribution in [2.45, 2.75) is 13.8 Å². The zero-order valence-corrected chi connectivity index (χ0v) is 20.3. The predicted molar refractivity (Wildman–Crippen MR) is 134 cm³/mol. The fraction of sp³-hybridized carbons (Fsp3) is 0.217. The summed E-state index contributed by atoms with van der Waals surface area (Å²) in [5.74, 6) is -0.668. The van der Waals surface area contributed by atoms with Crippen LogP contribution in [0, 0.1) is 0 Å². The van der Waals surface area contributed by atoms with Crippen LogP contribution in [0.1, 0.15) is 34.6 Å². The van der Waals surface area contributed by atoms with E-state index >= 15 is 0 Å². The Morgan fingerprint density at radius 1 is 0.838 bits per heavy atom. The standard InChI is InChI=1S/C12H14N4O3.C11H12N4O3/c1-3-13-12(18)15-9-7-16-5-4-8(11(17)19-2)6-10(16)14-9;1-2-12-11(18)14-8-6-15-4-3-7(10(16)17)5-9(15)13-8/h4-7H,3H2,1-2H3,(H2,13,15,18);3-6H,2H2,1H3,(H,16,17)(H2,12,14,18). The first-order chi connectivity index (χ1) is 17.7. The molecule has 0 radical (unpaired) electrons. The Morgan fingerprint density at radius 2 is 1.30 bits per heavy atom. The average molecular weight is 511 g/mol. The molecule has 14 heteroatoms. The number of esters is 1. The number of nitrogens with one attached hydrogen (secondary N) is 4. The van der Waals surface area contributed by atoms with Gasteiger partial charge in [-0.2, -0.15) is 0 Å². The monoisotopic (exact) mass is 510 g/mol. The summed E-state index contributed by atoms with van der Waals surface area (Å²) in [5.41, 5.74) is 1.57. The molecule has 5 N–H and O–H groups in total. The molecule has 0 bridgehead atoms. The van der Waals surface area contributed by atoms with Crippen LogP contribution in [-0.4, -0.2) is 68.1 Å². The second-order valence-corrected chi connectivity index (χ2v) is 7.38. The van der Waals surface area contributed by atoms with Gasteiger partial charge in [-0.05, 0) is 38.1 Å². The van der Waals surface area contributed by atoms with Crippen LogP contribution >= 0.6 is 0 Å². The Bertz CT molecular complexity index is 1440. The third-order valence-electron chi connectivity index (χ3n) is 4.75. The highest BCUT2D eigenvalue weighted by atomic mass is 16.5. The number of hydrogen-bond acceptors (Lipinski definition) is 7. The van der Waals surface area contributed by atoms with Crippen molar-refractivity contribution < 1.29 is 29.0 Å². The number of amides is 4. The van der Waals surface area contributed by atoms with Crippen molar-refractivity contribution in [1.29, 1.82) is 0 Å². The number of hydrogen-bond donors (Lipinski definition) is 5. The number of aromatic nitrogens is 4. The number of carboxylic acid groups (broad SMARTS) is 1. The van der Waals surface area contributed by atoms with Crippen molar-refractivity contribution in [3.8, 4) is 0 Å². The maximum absolute atomic E-state index is 11.4. The van der Waals surface area contributed by atoms with Crippen molar-refractivity contribution in [1.82, 2.24) is 29.4 Å². The molecule has 4 rings (SSSR count). The van der Waals surface area contributed by atoms with Crippen LogP contribution < -0.4 is 21.3 Å². The molecule has 0 saturated carbocycles. The number of rotatable bonds is 6. The number of urea groups is 2. The summed E-state index contributed by atoms with van der Waals surface area (Å²) in [5, 5.41) is 19.2. The topological polar surface area (TPSA) is 180 Å². The molecule has 0 aliphatic rings. The summed E-state index contributed by atoms with van der Waals surface area (Å²) in [6.45, 7) is 4.68. The second kappa shape index (κ2) is 12.0. The van der Waals surface area contributed by atoms with E-state index in [2.05, 4.69) is 36.0 Å². The number of pyridine rings is 2. The molecule has 4 amide bonds. The summed E-state index contributed by atoms with van der Waals surface area (Å²) in [7, 11) is 1.32. The summed E-state index contributed by atoms with van der Waals surface area (Å²) in [6, 6.07) is 5.45. The molecule has 4 aromatic heterocycles. The Kier molecular flexibility index (Phi) is 8.59. The Hall–Kier alpha value is -5.14. The van der Waals surface area contributed by atoms with E-state index < -0.39 is 11.9 Å². The van der Waals surface area contributed by atoms with Gasteiger partial charge in [-0.3, -0.25) is 10.6 Å². The van der Waals surface area contributed by atoms with Gasteiger partial charge < -0.3 is 29.3 Å². The van der Waals surface area contributed by atoms with Gasteiger partial charge in [-0.1, -0.05) is 0 Å². The first kappa shape index (κ1) is 26.5. The minimum atomic E-state index is -1.02. The Morgan fingerprint density at radius 3 is 1.73 bits per heavy atom. The largest absolute Gasteiger partial charge is 0.478 e. The van der Waals surface area contributed by atoms with Crippen molar-refractivity contribution >= 4 is 46.9 Å². The molecule has 0 aliphatic carbocycles. The average Bonchev–Trinajstić information content (AvgIpc) is 3.45. The molecule has 0 saturated heterocycles. The van der Waals surface area contributed by atoms with Crippen LogP contribution in [0.2, 0.25) is 0 Å².